The van der Waals surface area contributed by atoms with Gasteiger partial charge in [0.15, 0.2) is 0 Å². The molecule has 0 aromatic rings. The molecule has 4 heteroatoms. The Morgan fingerprint density at radius 2 is 1.79 bits per heavy atom. The van der Waals surface area contributed by atoms with Crippen LogP contribution in [0.25, 0.3) is 0 Å². The molecule has 0 aliphatic carbocycles. The van der Waals surface area contributed by atoms with Crippen molar-refractivity contribution in [2.45, 2.75) is 64.1 Å². The summed E-state index contributed by atoms with van der Waals surface area (Å²) in [5.74, 6) is 0.286. The van der Waals surface area contributed by atoms with E-state index in [9.17, 15) is 4.79 Å². The van der Waals surface area contributed by atoms with Crippen molar-refractivity contribution < 1.29 is 4.79 Å². The Bertz CT molecular complexity index is 290. The number of carbonyl (C=O) groups is 1. The summed E-state index contributed by atoms with van der Waals surface area (Å²) in [4.78, 5) is 16.4. The maximum Gasteiger partial charge on any atom is 0.223 e. The minimum Gasteiger partial charge on any atom is -0.343 e. The predicted octanol–water partition coefficient (Wildman–Crippen LogP) is 1.46. The molecule has 0 spiro atoms. The van der Waals surface area contributed by atoms with E-state index in [-0.39, 0.29) is 5.91 Å². The number of piperidine rings is 1. The van der Waals surface area contributed by atoms with Crippen LogP contribution < -0.4 is 5.32 Å². The monoisotopic (exact) mass is 267 g/mol. The molecule has 0 saturated carbocycles. The highest BCUT2D eigenvalue weighted by Gasteiger charge is 2.37. The van der Waals surface area contributed by atoms with Crippen molar-refractivity contribution in [1.82, 2.24) is 15.1 Å². The maximum atomic E-state index is 11.9. The van der Waals surface area contributed by atoms with E-state index in [1.807, 2.05) is 18.7 Å². The lowest BCUT2D eigenvalue weighted by atomic mass is 9.98. The van der Waals surface area contributed by atoms with Crippen LogP contribution >= 0.6 is 0 Å². The zero-order valence-corrected chi connectivity index (χ0v) is 12.7. The van der Waals surface area contributed by atoms with Gasteiger partial charge in [0, 0.05) is 44.2 Å². The van der Waals surface area contributed by atoms with Crippen molar-refractivity contribution in [2.24, 2.45) is 0 Å². The lowest BCUT2D eigenvalue weighted by Crippen LogP contribution is -2.47. The van der Waals surface area contributed by atoms with Crippen molar-refractivity contribution in [1.29, 1.82) is 0 Å². The van der Waals surface area contributed by atoms with Crippen LogP contribution in [0.1, 0.15) is 46.0 Å². The van der Waals surface area contributed by atoms with E-state index >= 15 is 0 Å². The van der Waals surface area contributed by atoms with E-state index in [1.165, 1.54) is 25.7 Å². The summed E-state index contributed by atoms with van der Waals surface area (Å²) in [7, 11) is 2.27. The predicted molar refractivity (Wildman–Crippen MR) is 78.1 cm³/mol. The summed E-state index contributed by atoms with van der Waals surface area (Å²) in [6, 6.07) is 2.17. The van der Waals surface area contributed by atoms with Crippen LogP contribution in [-0.2, 0) is 4.79 Å². The molecule has 0 radical (unpaired) electrons. The molecule has 2 aliphatic rings. The minimum absolute atomic E-state index is 0.286. The van der Waals surface area contributed by atoms with Gasteiger partial charge < -0.3 is 15.1 Å². The standard InChI is InChI=1S/C15H29N3O/c1-4-18(5-2)15(19)8-9-16-12-10-13-6-7-14(11-12)17(13)3/h12-14,16H,4-11H2,1-3H3. The van der Waals surface area contributed by atoms with Crippen molar-refractivity contribution >= 4 is 5.91 Å². The first kappa shape index (κ1) is 14.8. The molecule has 1 N–H and O–H groups in total. The van der Waals surface area contributed by atoms with E-state index < -0.39 is 0 Å². The van der Waals surface area contributed by atoms with E-state index in [2.05, 4.69) is 17.3 Å². The third-order valence-corrected chi connectivity index (χ3v) is 4.99. The lowest BCUT2D eigenvalue weighted by Gasteiger charge is -2.36. The van der Waals surface area contributed by atoms with E-state index in [4.69, 9.17) is 0 Å². The third kappa shape index (κ3) is 3.48. The molecule has 2 rings (SSSR count). The summed E-state index contributed by atoms with van der Waals surface area (Å²) in [6.45, 7) is 6.58. The molecule has 2 heterocycles. The van der Waals surface area contributed by atoms with Gasteiger partial charge >= 0.3 is 0 Å². The molecule has 2 unspecified atom stereocenters. The first-order chi connectivity index (χ1) is 9.15. The summed E-state index contributed by atoms with van der Waals surface area (Å²) in [5, 5.41) is 3.60. The van der Waals surface area contributed by atoms with Gasteiger partial charge in [-0.05, 0) is 46.6 Å². The number of fused-ring (bicyclic) bond motifs is 2. The zero-order valence-electron chi connectivity index (χ0n) is 12.7. The SMILES string of the molecule is CCN(CC)C(=O)CCNC1CC2CCC(C1)N2C. The largest absolute Gasteiger partial charge is 0.343 e. The number of nitrogens with zero attached hydrogens (tertiary/aromatic N) is 2. The van der Waals surface area contributed by atoms with Crippen LogP contribution in [0.4, 0.5) is 0 Å². The Hall–Kier alpha value is -0.610. The van der Waals surface area contributed by atoms with Gasteiger partial charge in [-0.25, -0.2) is 0 Å². The average molecular weight is 267 g/mol. The number of rotatable bonds is 6. The smallest absolute Gasteiger partial charge is 0.223 e. The Balaban J connectivity index is 1.68. The molecule has 0 aromatic heterocycles. The van der Waals surface area contributed by atoms with Crippen molar-refractivity contribution in [3.8, 4) is 0 Å². The fourth-order valence-electron chi connectivity index (χ4n) is 3.70. The highest BCUT2D eigenvalue weighted by Crippen LogP contribution is 2.34. The quantitative estimate of drug-likeness (QED) is 0.791. The lowest BCUT2D eigenvalue weighted by molar-refractivity contribution is -0.130. The first-order valence-electron chi connectivity index (χ1n) is 7.88. The van der Waals surface area contributed by atoms with Gasteiger partial charge in [-0.15, -0.1) is 0 Å². The zero-order chi connectivity index (χ0) is 13.8. The molecule has 0 aromatic carbocycles. The second-order valence-corrected chi connectivity index (χ2v) is 5.99. The van der Waals surface area contributed by atoms with Gasteiger partial charge in [0.25, 0.3) is 0 Å². The van der Waals surface area contributed by atoms with Gasteiger partial charge in [0.2, 0.25) is 5.91 Å². The van der Waals surface area contributed by atoms with Crippen molar-refractivity contribution in [2.75, 3.05) is 26.7 Å². The molecule has 2 saturated heterocycles. The molecule has 1 amide bonds. The molecule has 2 bridgehead atoms. The fourth-order valence-corrected chi connectivity index (χ4v) is 3.70. The van der Waals surface area contributed by atoms with Gasteiger partial charge in [-0.1, -0.05) is 0 Å². The van der Waals surface area contributed by atoms with Crippen LogP contribution in [0.5, 0.6) is 0 Å². The molecule has 2 atom stereocenters. The number of hydrogen-bond acceptors (Lipinski definition) is 3. The molecule has 110 valence electrons. The Kier molecular flexibility index (Phi) is 5.22. The summed E-state index contributed by atoms with van der Waals surface area (Å²) in [5.41, 5.74) is 0. The second kappa shape index (κ2) is 6.71. The normalized spacial score (nSPS) is 30.6. The average Bonchev–Trinajstić information content (AvgIpc) is 2.64. The molecule has 19 heavy (non-hydrogen) atoms. The summed E-state index contributed by atoms with van der Waals surface area (Å²) < 4.78 is 0. The van der Waals surface area contributed by atoms with Gasteiger partial charge in [0.05, 0.1) is 0 Å². The van der Waals surface area contributed by atoms with E-state index in [0.717, 1.165) is 31.7 Å². The van der Waals surface area contributed by atoms with E-state index in [1.54, 1.807) is 0 Å². The van der Waals surface area contributed by atoms with Crippen molar-refractivity contribution in [3.05, 3.63) is 0 Å². The topological polar surface area (TPSA) is 35.6 Å². The number of nitrogens with one attached hydrogen (secondary N) is 1. The third-order valence-electron chi connectivity index (χ3n) is 4.99. The highest BCUT2D eigenvalue weighted by atomic mass is 16.2. The van der Waals surface area contributed by atoms with E-state index in [0.29, 0.717) is 12.5 Å². The first-order valence-corrected chi connectivity index (χ1v) is 7.88. The number of amides is 1. The Morgan fingerprint density at radius 3 is 2.32 bits per heavy atom. The fraction of sp³-hybridized carbons (Fsp3) is 0.933. The minimum atomic E-state index is 0.286. The molecule has 4 nitrogen and oxygen atoms in total. The van der Waals surface area contributed by atoms with Crippen LogP contribution in [0.3, 0.4) is 0 Å². The van der Waals surface area contributed by atoms with Crippen molar-refractivity contribution in [3.63, 3.8) is 0 Å². The van der Waals surface area contributed by atoms with Gasteiger partial charge in [-0.2, -0.15) is 0 Å². The Labute approximate surface area is 117 Å². The van der Waals surface area contributed by atoms with Crippen LogP contribution in [0.2, 0.25) is 0 Å². The molecule has 2 fully saturated rings. The second-order valence-electron chi connectivity index (χ2n) is 5.99. The maximum absolute atomic E-state index is 11.9. The van der Waals surface area contributed by atoms with Gasteiger partial charge in [0.1, 0.15) is 0 Å². The highest BCUT2D eigenvalue weighted by molar-refractivity contribution is 5.76. The number of carbonyl (C=O) groups excluding carboxylic acids is 1. The number of hydrogen-bond donors (Lipinski definition) is 1. The van der Waals surface area contributed by atoms with Crippen LogP contribution in [0, 0.1) is 0 Å². The van der Waals surface area contributed by atoms with Gasteiger partial charge in [-0.3, -0.25) is 4.79 Å². The van der Waals surface area contributed by atoms with Crippen LogP contribution in [0.15, 0.2) is 0 Å². The molecular weight excluding hydrogens is 238 g/mol. The van der Waals surface area contributed by atoms with Crippen LogP contribution in [-0.4, -0.2) is 60.5 Å². The Morgan fingerprint density at radius 1 is 1.21 bits per heavy atom. The molecular formula is C15H29N3O. The summed E-state index contributed by atoms with van der Waals surface area (Å²) in [6.07, 6.45) is 5.87. The molecule has 2 aliphatic heterocycles. The summed E-state index contributed by atoms with van der Waals surface area (Å²) >= 11 is 0.